The normalized spacial score (nSPS) is 27.8. The molecular weight excluding hydrogens is 189 g/mol. The molecule has 2 rings (SSSR count). The molecule has 2 heteroatoms. The largest absolute Gasteiger partial charge is 0.330 e. The first-order valence-electron chi connectivity index (χ1n) is 5.40. The molecule has 0 heterocycles. The topological polar surface area (TPSA) is 26.0 Å². The van der Waals surface area contributed by atoms with E-state index >= 15 is 0 Å². The second-order valence-electron chi connectivity index (χ2n) is 5.28. The smallest absolute Gasteiger partial charge is 0.129 e. The lowest BCUT2D eigenvalue weighted by atomic mass is 9.87. The lowest BCUT2D eigenvalue weighted by molar-refractivity contribution is 0.475. The Kier molecular flexibility index (Phi) is 2.16. The van der Waals surface area contributed by atoms with Crippen LogP contribution in [0.3, 0.4) is 0 Å². The van der Waals surface area contributed by atoms with Crippen LogP contribution in [-0.2, 0) is 5.41 Å². The number of aryl methyl sites for hydroxylation is 1. The van der Waals surface area contributed by atoms with E-state index < -0.39 is 0 Å². The van der Waals surface area contributed by atoms with Crippen LogP contribution in [0.1, 0.15) is 31.4 Å². The summed E-state index contributed by atoms with van der Waals surface area (Å²) in [5.41, 5.74) is 7.34. The van der Waals surface area contributed by atoms with Gasteiger partial charge in [0.1, 0.15) is 5.82 Å². The van der Waals surface area contributed by atoms with E-state index in [0.717, 1.165) is 12.0 Å². The molecule has 0 amide bonds. The van der Waals surface area contributed by atoms with Crippen molar-refractivity contribution in [1.82, 2.24) is 0 Å². The minimum absolute atomic E-state index is 0.0754. The third-order valence-electron chi connectivity index (χ3n) is 3.97. The summed E-state index contributed by atoms with van der Waals surface area (Å²) in [5.74, 6) is -0.0754. The molecule has 1 aliphatic rings. The minimum Gasteiger partial charge on any atom is -0.330 e. The Morgan fingerprint density at radius 2 is 2.00 bits per heavy atom. The van der Waals surface area contributed by atoms with E-state index in [1.807, 2.05) is 12.1 Å². The van der Waals surface area contributed by atoms with E-state index in [4.69, 9.17) is 5.73 Å². The van der Waals surface area contributed by atoms with Crippen LogP contribution in [0.5, 0.6) is 0 Å². The molecule has 0 aliphatic heterocycles. The Hall–Kier alpha value is -0.890. The molecule has 1 aromatic carbocycles. The highest BCUT2D eigenvalue weighted by Crippen LogP contribution is 2.64. The number of benzene rings is 1. The number of halogens is 1. The van der Waals surface area contributed by atoms with Crippen molar-refractivity contribution in [1.29, 1.82) is 0 Å². The molecule has 0 bridgehead atoms. The van der Waals surface area contributed by atoms with E-state index in [-0.39, 0.29) is 16.6 Å². The first-order chi connectivity index (χ1) is 6.94. The van der Waals surface area contributed by atoms with Crippen molar-refractivity contribution in [2.45, 2.75) is 32.6 Å². The number of hydrogen-bond acceptors (Lipinski definition) is 1. The molecule has 1 fully saturated rings. The average Bonchev–Trinajstić information content (AvgIpc) is 2.74. The Labute approximate surface area is 90.5 Å². The first-order valence-corrected chi connectivity index (χ1v) is 5.40. The van der Waals surface area contributed by atoms with E-state index in [1.165, 1.54) is 0 Å². The second kappa shape index (κ2) is 3.05. The van der Waals surface area contributed by atoms with Gasteiger partial charge in [-0.25, -0.2) is 4.39 Å². The van der Waals surface area contributed by atoms with Crippen LogP contribution in [0, 0.1) is 18.2 Å². The monoisotopic (exact) mass is 207 g/mol. The number of rotatable bonds is 2. The van der Waals surface area contributed by atoms with Crippen LogP contribution in [0.2, 0.25) is 0 Å². The van der Waals surface area contributed by atoms with E-state index in [2.05, 4.69) is 13.8 Å². The molecule has 0 spiro atoms. The maximum absolute atomic E-state index is 14.0. The lowest BCUT2D eigenvalue weighted by Gasteiger charge is -2.20. The molecular formula is C13H18FN. The van der Waals surface area contributed by atoms with E-state index in [1.54, 1.807) is 13.0 Å². The quantitative estimate of drug-likeness (QED) is 0.793. The lowest BCUT2D eigenvalue weighted by Crippen LogP contribution is -2.26. The van der Waals surface area contributed by atoms with Gasteiger partial charge in [-0.2, -0.15) is 0 Å². The van der Waals surface area contributed by atoms with Crippen molar-refractivity contribution in [3.05, 3.63) is 35.1 Å². The summed E-state index contributed by atoms with van der Waals surface area (Å²) in [4.78, 5) is 0. The summed E-state index contributed by atoms with van der Waals surface area (Å²) in [7, 11) is 0. The predicted octanol–water partition coefficient (Wildman–Crippen LogP) is 2.76. The summed E-state index contributed by atoms with van der Waals surface area (Å²) in [6.07, 6.45) is 0.983. The molecule has 0 saturated heterocycles. The fourth-order valence-corrected chi connectivity index (χ4v) is 2.65. The van der Waals surface area contributed by atoms with Crippen LogP contribution in [0.25, 0.3) is 0 Å². The van der Waals surface area contributed by atoms with Gasteiger partial charge in [0, 0.05) is 12.0 Å². The molecule has 0 radical (unpaired) electrons. The van der Waals surface area contributed by atoms with E-state index in [9.17, 15) is 4.39 Å². The molecule has 82 valence electrons. The van der Waals surface area contributed by atoms with Gasteiger partial charge in [0.05, 0.1) is 0 Å². The van der Waals surface area contributed by atoms with Crippen molar-refractivity contribution in [3.63, 3.8) is 0 Å². The van der Waals surface area contributed by atoms with Crippen LogP contribution in [0.4, 0.5) is 4.39 Å². The maximum Gasteiger partial charge on any atom is 0.129 e. The zero-order valence-electron chi connectivity index (χ0n) is 9.60. The maximum atomic E-state index is 14.0. The molecule has 0 aromatic heterocycles. The molecule has 1 aliphatic carbocycles. The molecule has 1 atom stereocenters. The fourth-order valence-electron chi connectivity index (χ4n) is 2.65. The van der Waals surface area contributed by atoms with Gasteiger partial charge in [0.15, 0.2) is 0 Å². The van der Waals surface area contributed by atoms with Crippen LogP contribution in [-0.4, -0.2) is 6.54 Å². The average molecular weight is 207 g/mol. The number of hydrogen-bond donors (Lipinski definition) is 1. The van der Waals surface area contributed by atoms with Gasteiger partial charge < -0.3 is 5.73 Å². The molecule has 1 nitrogen and oxygen atoms in total. The zero-order valence-corrected chi connectivity index (χ0v) is 9.60. The molecule has 1 aromatic rings. The Morgan fingerprint density at radius 3 is 2.47 bits per heavy atom. The van der Waals surface area contributed by atoms with Gasteiger partial charge in [-0.05, 0) is 29.9 Å². The SMILES string of the molecule is Cc1cccc(C2(CN)CC2(C)C)c1F. The Balaban J connectivity index is 2.51. The van der Waals surface area contributed by atoms with Crippen LogP contribution < -0.4 is 5.73 Å². The molecule has 1 saturated carbocycles. The van der Waals surface area contributed by atoms with Crippen molar-refractivity contribution in [3.8, 4) is 0 Å². The molecule has 15 heavy (non-hydrogen) atoms. The summed E-state index contributed by atoms with van der Waals surface area (Å²) in [6, 6.07) is 5.60. The third-order valence-corrected chi connectivity index (χ3v) is 3.97. The van der Waals surface area contributed by atoms with Crippen molar-refractivity contribution in [2.24, 2.45) is 11.1 Å². The van der Waals surface area contributed by atoms with Gasteiger partial charge >= 0.3 is 0 Å². The predicted molar refractivity (Wildman–Crippen MR) is 60.3 cm³/mol. The summed E-state index contributed by atoms with van der Waals surface area (Å²) < 4.78 is 14.0. The van der Waals surface area contributed by atoms with Crippen molar-refractivity contribution >= 4 is 0 Å². The summed E-state index contributed by atoms with van der Waals surface area (Å²) in [6.45, 7) is 6.64. The minimum atomic E-state index is -0.136. The van der Waals surface area contributed by atoms with Crippen molar-refractivity contribution < 1.29 is 4.39 Å². The van der Waals surface area contributed by atoms with Gasteiger partial charge in [0.25, 0.3) is 0 Å². The highest BCUT2D eigenvalue weighted by Gasteiger charge is 2.61. The van der Waals surface area contributed by atoms with Gasteiger partial charge in [-0.3, -0.25) is 0 Å². The first kappa shape index (κ1) is 10.6. The summed E-state index contributed by atoms with van der Waals surface area (Å²) >= 11 is 0. The van der Waals surface area contributed by atoms with Crippen molar-refractivity contribution in [2.75, 3.05) is 6.54 Å². The van der Waals surface area contributed by atoms with E-state index in [0.29, 0.717) is 12.1 Å². The zero-order chi connectivity index (χ0) is 11.3. The third kappa shape index (κ3) is 1.31. The molecule has 2 N–H and O–H groups in total. The molecule has 1 unspecified atom stereocenters. The Morgan fingerprint density at radius 1 is 1.40 bits per heavy atom. The standard InChI is InChI=1S/C13H18FN/c1-9-5-4-6-10(11(9)14)13(8-15)7-12(13,2)3/h4-6H,7-8,15H2,1-3H3. The van der Waals surface area contributed by atoms with Crippen LogP contribution in [0.15, 0.2) is 18.2 Å². The van der Waals surface area contributed by atoms with Gasteiger partial charge in [-0.1, -0.05) is 32.0 Å². The van der Waals surface area contributed by atoms with Gasteiger partial charge in [0.2, 0.25) is 0 Å². The highest BCUT2D eigenvalue weighted by atomic mass is 19.1. The second-order valence-corrected chi connectivity index (χ2v) is 5.28. The Bertz CT molecular complexity index is 398. The highest BCUT2D eigenvalue weighted by molar-refractivity contribution is 5.40. The number of nitrogens with two attached hydrogens (primary N) is 1. The van der Waals surface area contributed by atoms with Crippen LogP contribution >= 0.6 is 0 Å². The fraction of sp³-hybridized carbons (Fsp3) is 0.538. The van der Waals surface area contributed by atoms with Gasteiger partial charge in [-0.15, -0.1) is 0 Å². The summed E-state index contributed by atoms with van der Waals surface area (Å²) in [5, 5.41) is 0.